The van der Waals surface area contributed by atoms with E-state index in [4.69, 9.17) is 0 Å². The van der Waals surface area contributed by atoms with Crippen molar-refractivity contribution in [2.75, 3.05) is 31.1 Å². The zero-order chi connectivity index (χ0) is 19.5. The molecule has 1 fully saturated rings. The summed E-state index contributed by atoms with van der Waals surface area (Å²) in [7, 11) is 0. The second-order valence-electron chi connectivity index (χ2n) is 7.20. The Labute approximate surface area is 169 Å². The van der Waals surface area contributed by atoms with E-state index in [0.717, 1.165) is 48.1 Å². The fraction of sp³-hybridized carbons (Fsp3) is 0.318. The van der Waals surface area contributed by atoms with Crippen molar-refractivity contribution < 1.29 is 4.79 Å². The highest BCUT2D eigenvalue weighted by Crippen LogP contribution is 2.22. The largest absolute Gasteiger partial charge is 0.352 e. The number of rotatable bonds is 4. The van der Waals surface area contributed by atoms with Crippen molar-refractivity contribution in [2.24, 2.45) is 0 Å². The molecule has 1 amide bonds. The molecule has 0 aliphatic carbocycles. The predicted octanol–water partition coefficient (Wildman–Crippen LogP) is 3.71. The predicted molar refractivity (Wildman–Crippen MR) is 114 cm³/mol. The van der Waals surface area contributed by atoms with Crippen molar-refractivity contribution in [1.82, 2.24) is 15.1 Å². The third-order valence-corrected chi connectivity index (χ3v) is 6.19. The average molecular weight is 393 g/mol. The van der Waals surface area contributed by atoms with E-state index >= 15 is 0 Å². The lowest BCUT2D eigenvalue weighted by Gasteiger charge is -2.35. The number of benzene rings is 1. The first-order chi connectivity index (χ1) is 13.6. The van der Waals surface area contributed by atoms with Crippen molar-refractivity contribution in [3.63, 3.8) is 0 Å². The highest BCUT2D eigenvalue weighted by molar-refractivity contribution is 7.10. The highest BCUT2D eigenvalue weighted by Gasteiger charge is 2.22. The third kappa shape index (κ3) is 4.07. The van der Waals surface area contributed by atoms with Gasteiger partial charge in [-0.25, -0.2) is 0 Å². The van der Waals surface area contributed by atoms with Crippen LogP contribution in [0.25, 0.3) is 11.3 Å². The molecular formula is C22H24N4OS. The lowest BCUT2D eigenvalue weighted by Crippen LogP contribution is -2.49. The topological polar surface area (TPSA) is 49.3 Å². The van der Waals surface area contributed by atoms with Gasteiger partial charge in [0.2, 0.25) is 5.91 Å². The van der Waals surface area contributed by atoms with Crippen LogP contribution < -0.4 is 4.90 Å². The molecule has 0 spiro atoms. The molecule has 3 heterocycles. The van der Waals surface area contributed by atoms with Crippen LogP contribution in [-0.2, 0) is 11.2 Å². The number of aromatic nitrogens is 2. The standard InChI is InChI=1S/C22H24N4OS/c1-16-5-6-18(14-17(16)2)20-7-8-21(24-23-20)25-9-11-26(12-10-25)22(27)15-19-4-3-13-28-19/h3-8,13-14H,9-12,15H2,1-2H3. The monoisotopic (exact) mass is 392 g/mol. The van der Waals surface area contributed by atoms with Crippen LogP contribution in [-0.4, -0.2) is 47.2 Å². The lowest BCUT2D eigenvalue weighted by atomic mass is 10.0. The molecule has 1 aromatic carbocycles. The first kappa shape index (κ1) is 18.6. The summed E-state index contributed by atoms with van der Waals surface area (Å²) in [4.78, 5) is 17.7. The lowest BCUT2D eigenvalue weighted by molar-refractivity contribution is -0.130. The molecule has 6 heteroatoms. The molecule has 4 rings (SSSR count). The van der Waals surface area contributed by atoms with Crippen molar-refractivity contribution in [1.29, 1.82) is 0 Å². The summed E-state index contributed by atoms with van der Waals surface area (Å²) in [5.74, 6) is 1.08. The van der Waals surface area contributed by atoms with Crippen molar-refractivity contribution >= 4 is 23.1 Å². The summed E-state index contributed by atoms with van der Waals surface area (Å²) >= 11 is 1.64. The molecule has 3 aromatic rings. The fourth-order valence-electron chi connectivity index (χ4n) is 3.41. The van der Waals surface area contributed by atoms with E-state index in [1.807, 2.05) is 34.5 Å². The van der Waals surface area contributed by atoms with Gasteiger partial charge in [-0.2, -0.15) is 0 Å². The second kappa shape index (κ2) is 8.10. The number of nitrogens with zero attached hydrogens (tertiary/aromatic N) is 4. The van der Waals surface area contributed by atoms with Crippen LogP contribution in [0.2, 0.25) is 0 Å². The number of amides is 1. The molecule has 2 aromatic heterocycles. The van der Waals surface area contributed by atoms with Crippen LogP contribution in [0.15, 0.2) is 47.8 Å². The zero-order valence-corrected chi connectivity index (χ0v) is 17.1. The first-order valence-electron chi connectivity index (χ1n) is 9.56. The molecular weight excluding hydrogens is 368 g/mol. The molecule has 0 N–H and O–H groups in total. The van der Waals surface area contributed by atoms with Gasteiger partial charge >= 0.3 is 0 Å². The van der Waals surface area contributed by atoms with Gasteiger partial charge in [-0.3, -0.25) is 4.79 Å². The summed E-state index contributed by atoms with van der Waals surface area (Å²) in [5, 5.41) is 10.9. The van der Waals surface area contributed by atoms with Crippen LogP contribution in [0.1, 0.15) is 16.0 Å². The molecule has 1 aliphatic rings. The Morgan fingerprint density at radius 3 is 2.46 bits per heavy atom. The Hall–Kier alpha value is -2.73. The zero-order valence-electron chi connectivity index (χ0n) is 16.3. The number of thiophene rings is 1. The van der Waals surface area contributed by atoms with Gasteiger partial charge in [-0.15, -0.1) is 21.5 Å². The van der Waals surface area contributed by atoms with Gasteiger partial charge in [0.25, 0.3) is 0 Å². The molecule has 0 saturated carbocycles. The number of carbonyl (C=O) groups is 1. The molecule has 0 bridgehead atoms. The SMILES string of the molecule is Cc1ccc(-c2ccc(N3CCN(C(=O)Cc4cccs4)CC3)nn2)cc1C. The van der Waals surface area contributed by atoms with Gasteiger partial charge in [-0.05, 0) is 54.6 Å². The smallest absolute Gasteiger partial charge is 0.227 e. The molecule has 1 saturated heterocycles. The van der Waals surface area contributed by atoms with Crippen LogP contribution in [0.4, 0.5) is 5.82 Å². The maximum Gasteiger partial charge on any atom is 0.227 e. The maximum absolute atomic E-state index is 12.4. The summed E-state index contributed by atoms with van der Waals surface area (Å²) in [6, 6.07) is 14.4. The molecule has 1 aliphatic heterocycles. The number of aryl methyl sites for hydroxylation is 2. The molecule has 28 heavy (non-hydrogen) atoms. The Kier molecular flexibility index (Phi) is 5.39. The highest BCUT2D eigenvalue weighted by atomic mass is 32.1. The van der Waals surface area contributed by atoms with Crippen LogP contribution in [0, 0.1) is 13.8 Å². The van der Waals surface area contributed by atoms with Gasteiger partial charge in [0, 0.05) is 36.6 Å². The third-order valence-electron chi connectivity index (χ3n) is 5.32. The van der Waals surface area contributed by atoms with E-state index in [0.29, 0.717) is 6.42 Å². The van der Waals surface area contributed by atoms with E-state index < -0.39 is 0 Å². The summed E-state index contributed by atoms with van der Waals surface area (Å²) in [5.41, 5.74) is 4.51. The molecule has 144 valence electrons. The Bertz CT molecular complexity index is 945. The van der Waals surface area contributed by atoms with Crippen LogP contribution >= 0.6 is 11.3 Å². The number of piperazine rings is 1. The Morgan fingerprint density at radius 1 is 1.00 bits per heavy atom. The molecule has 0 atom stereocenters. The number of anilines is 1. The quantitative estimate of drug-likeness (QED) is 0.679. The summed E-state index contributed by atoms with van der Waals surface area (Å²) < 4.78 is 0. The van der Waals surface area contributed by atoms with E-state index in [9.17, 15) is 4.79 Å². The summed E-state index contributed by atoms with van der Waals surface area (Å²) in [6.07, 6.45) is 0.502. The minimum absolute atomic E-state index is 0.207. The van der Waals surface area contributed by atoms with E-state index in [1.54, 1.807) is 11.3 Å². The molecule has 0 radical (unpaired) electrons. The van der Waals surface area contributed by atoms with Gasteiger partial charge in [0.05, 0.1) is 12.1 Å². The van der Waals surface area contributed by atoms with Gasteiger partial charge in [-0.1, -0.05) is 18.2 Å². The Morgan fingerprint density at radius 2 is 1.82 bits per heavy atom. The normalized spacial score (nSPS) is 14.4. The van der Waals surface area contributed by atoms with E-state index in [2.05, 4.69) is 47.1 Å². The minimum Gasteiger partial charge on any atom is -0.352 e. The van der Waals surface area contributed by atoms with Gasteiger partial charge in [0.15, 0.2) is 5.82 Å². The number of carbonyl (C=O) groups excluding carboxylic acids is 1. The van der Waals surface area contributed by atoms with E-state index in [1.165, 1.54) is 11.1 Å². The van der Waals surface area contributed by atoms with Crippen molar-refractivity contribution in [2.45, 2.75) is 20.3 Å². The second-order valence-corrected chi connectivity index (χ2v) is 8.23. The maximum atomic E-state index is 12.4. The van der Waals surface area contributed by atoms with Gasteiger partial charge < -0.3 is 9.80 Å². The molecule has 0 unspecified atom stereocenters. The fourth-order valence-corrected chi connectivity index (χ4v) is 4.10. The minimum atomic E-state index is 0.207. The van der Waals surface area contributed by atoms with Crippen molar-refractivity contribution in [3.8, 4) is 11.3 Å². The summed E-state index contributed by atoms with van der Waals surface area (Å²) in [6.45, 7) is 7.25. The first-order valence-corrected chi connectivity index (χ1v) is 10.4. The van der Waals surface area contributed by atoms with Crippen molar-refractivity contribution in [3.05, 3.63) is 63.8 Å². The number of hydrogen-bond donors (Lipinski definition) is 0. The van der Waals surface area contributed by atoms with Crippen LogP contribution in [0.5, 0.6) is 0 Å². The van der Waals surface area contributed by atoms with E-state index in [-0.39, 0.29) is 5.91 Å². The van der Waals surface area contributed by atoms with Crippen LogP contribution in [0.3, 0.4) is 0 Å². The Balaban J connectivity index is 1.37. The number of hydrogen-bond acceptors (Lipinski definition) is 5. The molecule has 5 nitrogen and oxygen atoms in total. The average Bonchev–Trinajstić information content (AvgIpc) is 3.23. The van der Waals surface area contributed by atoms with Gasteiger partial charge in [0.1, 0.15) is 0 Å².